The second kappa shape index (κ2) is 10.6. The number of pyridine rings is 1. The predicted octanol–water partition coefficient (Wildman–Crippen LogP) is 5.32. The lowest BCUT2D eigenvalue weighted by Crippen LogP contribution is -2.60. The van der Waals surface area contributed by atoms with E-state index in [1.165, 1.54) is 12.3 Å². The summed E-state index contributed by atoms with van der Waals surface area (Å²) in [6, 6.07) is 10.3. The van der Waals surface area contributed by atoms with Crippen LogP contribution in [0.25, 0.3) is 22.0 Å². The molecule has 0 spiro atoms. The Balaban J connectivity index is 1.41. The highest BCUT2D eigenvalue weighted by Crippen LogP contribution is 2.41. The molecule has 42 heavy (non-hydrogen) atoms. The van der Waals surface area contributed by atoms with E-state index in [-0.39, 0.29) is 29.2 Å². The zero-order valence-corrected chi connectivity index (χ0v) is 22.2. The highest BCUT2D eigenvalue weighted by atomic mass is 19.2. The van der Waals surface area contributed by atoms with Gasteiger partial charge in [-0.3, -0.25) is 9.78 Å². The lowest BCUT2D eigenvalue weighted by molar-refractivity contribution is -0.0345. The maximum atomic E-state index is 15.4. The number of morpholine rings is 2. The van der Waals surface area contributed by atoms with Gasteiger partial charge in [0.1, 0.15) is 17.4 Å². The number of fused-ring (bicyclic) bond motifs is 4. The number of nitrogens with zero attached hydrogens (tertiary/aromatic N) is 2. The van der Waals surface area contributed by atoms with E-state index in [4.69, 9.17) is 14.2 Å². The molecule has 4 aromatic rings. The molecule has 3 aliphatic heterocycles. The molecule has 0 radical (unpaired) electrons. The summed E-state index contributed by atoms with van der Waals surface area (Å²) < 4.78 is 76.0. The standard InChI is InChI=1S/C31H25F4N3O4/c32-16-9-21(28(35)24(34)10-16)27-23(33)6-5-20-29(27)36-11-22(30(20)38-17-12-40-14-18(38)15-41-13-17)31(39)37-25-7-8-42-26-4-2-1-3-19(25)26/h1-6,9-11,17-18,25H,7-8,12-15H2,(H,37,39)/t17?,18?,25-/m0/s1. The van der Waals surface area contributed by atoms with Gasteiger partial charge in [-0.25, -0.2) is 17.6 Å². The van der Waals surface area contributed by atoms with Crippen LogP contribution < -0.4 is 15.0 Å². The molecule has 0 aliphatic carbocycles. The van der Waals surface area contributed by atoms with E-state index in [1.807, 2.05) is 29.2 Å². The van der Waals surface area contributed by atoms with Gasteiger partial charge < -0.3 is 24.4 Å². The lowest BCUT2D eigenvalue weighted by atomic mass is 9.95. The molecule has 216 valence electrons. The van der Waals surface area contributed by atoms with Crippen molar-refractivity contribution in [3.8, 4) is 16.9 Å². The van der Waals surface area contributed by atoms with Gasteiger partial charge in [-0.1, -0.05) is 18.2 Å². The van der Waals surface area contributed by atoms with Crippen LogP contribution in [-0.4, -0.2) is 56.0 Å². The van der Waals surface area contributed by atoms with Crippen molar-refractivity contribution in [1.82, 2.24) is 10.3 Å². The Hall–Kier alpha value is -4.22. The Morgan fingerprint density at radius 3 is 2.43 bits per heavy atom. The first-order valence-electron chi connectivity index (χ1n) is 13.6. The molecule has 0 saturated carbocycles. The van der Waals surface area contributed by atoms with E-state index < -0.39 is 40.3 Å². The summed E-state index contributed by atoms with van der Waals surface area (Å²) in [6.07, 6.45) is 1.86. The number of hydrogen-bond donors (Lipinski definition) is 1. The first-order chi connectivity index (χ1) is 20.4. The minimum Gasteiger partial charge on any atom is -0.493 e. The molecule has 7 rings (SSSR count). The second-order valence-corrected chi connectivity index (χ2v) is 10.6. The number of amides is 1. The fraction of sp³-hybridized carbons (Fsp3) is 0.290. The van der Waals surface area contributed by atoms with E-state index in [0.717, 1.165) is 17.7 Å². The number of benzene rings is 3. The van der Waals surface area contributed by atoms with Gasteiger partial charge in [0.25, 0.3) is 5.91 Å². The molecule has 11 heteroatoms. The third-order valence-electron chi connectivity index (χ3n) is 8.02. The van der Waals surface area contributed by atoms with Crippen LogP contribution in [0.5, 0.6) is 5.75 Å². The van der Waals surface area contributed by atoms with Gasteiger partial charge >= 0.3 is 0 Å². The van der Waals surface area contributed by atoms with Gasteiger partial charge in [0.15, 0.2) is 11.6 Å². The summed E-state index contributed by atoms with van der Waals surface area (Å²) in [7, 11) is 0. The summed E-state index contributed by atoms with van der Waals surface area (Å²) >= 11 is 0. The molecule has 4 heterocycles. The number of carbonyl (C=O) groups excluding carboxylic acids is 1. The largest absolute Gasteiger partial charge is 0.493 e. The van der Waals surface area contributed by atoms with Crippen LogP contribution in [0.2, 0.25) is 0 Å². The zero-order valence-electron chi connectivity index (χ0n) is 22.2. The summed E-state index contributed by atoms with van der Waals surface area (Å²) in [5, 5.41) is 3.43. The average molecular weight is 580 g/mol. The fourth-order valence-electron chi connectivity index (χ4n) is 6.15. The number of ether oxygens (including phenoxy) is 3. The number of hydrogen-bond acceptors (Lipinski definition) is 6. The van der Waals surface area contributed by atoms with Crippen molar-refractivity contribution in [3.05, 3.63) is 89.1 Å². The molecule has 3 aromatic carbocycles. The maximum absolute atomic E-state index is 15.4. The molecular weight excluding hydrogens is 554 g/mol. The van der Waals surface area contributed by atoms with E-state index in [1.54, 1.807) is 0 Å². The molecule has 3 aliphatic rings. The Labute approximate surface area is 238 Å². The molecule has 1 amide bonds. The second-order valence-electron chi connectivity index (χ2n) is 10.6. The molecule has 2 fully saturated rings. The first kappa shape index (κ1) is 26.7. The van der Waals surface area contributed by atoms with Crippen LogP contribution in [0, 0.1) is 23.3 Å². The van der Waals surface area contributed by atoms with Crippen LogP contribution in [0.1, 0.15) is 28.4 Å². The van der Waals surface area contributed by atoms with E-state index in [9.17, 15) is 18.0 Å². The normalized spacial score (nSPS) is 21.5. The third-order valence-corrected chi connectivity index (χ3v) is 8.02. The number of para-hydroxylation sites is 1. The smallest absolute Gasteiger partial charge is 0.255 e. The topological polar surface area (TPSA) is 72.9 Å². The van der Waals surface area contributed by atoms with Gasteiger partial charge in [-0.2, -0.15) is 0 Å². The molecule has 1 atom stereocenters. The molecular formula is C31H25F4N3O4. The van der Waals surface area contributed by atoms with Gasteiger partial charge in [-0.05, 0) is 24.3 Å². The summed E-state index contributed by atoms with van der Waals surface area (Å²) in [6.45, 7) is 1.73. The fourth-order valence-corrected chi connectivity index (χ4v) is 6.15. The number of nitrogens with one attached hydrogen (secondary N) is 1. The summed E-state index contributed by atoms with van der Waals surface area (Å²) in [5.74, 6) is -4.55. The molecule has 2 saturated heterocycles. The third kappa shape index (κ3) is 4.44. The van der Waals surface area contributed by atoms with Crippen LogP contribution in [0.4, 0.5) is 23.2 Å². The van der Waals surface area contributed by atoms with Crippen molar-refractivity contribution in [2.45, 2.75) is 24.5 Å². The lowest BCUT2D eigenvalue weighted by Gasteiger charge is -2.47. The SMILES string of the molecule is O=C(N[C@H]1CCOc2ccccc21)c1cnc2c(-c3cc(F)cc(F)c3F)c(F)ccc2c1N1C2COCC1COC2. The monoisotopic (exact) mass is 579 g/mol. The van der Waals surface area contributed by atoms with Crippen molar-refractivity contribution in [3.63, 3.8) is 0 Å². The highest BCUT2D eigenvalue weighted by molar-refractivity contribution is 6.10. The van der Waals surface area contributed by atoms with E-state index in [0.29, 0.717) is 62.3 Å². The van der Waals surface area contributed by atoms with E-state index >= 15 is 4.39 Å². The average Bonchev–Trinajstić information content (AvgIpc) is 2.98. The number of carbonyl (C=O) groups is 1. The van der Waals surface area contributed by atoms with Crippen molar-refractivity contribution in [2.75, 3.05) is 37.9 Å². The highest BCUT2D eigenvalue weighted by Gasteiger charge is 2.39. The summed E-state index contributed by atoms with van der Waals surface area (Å²) in [4.78, 5) is 20.4. The van der Waals surface area contributed by atoms with Gasteiger partial charge in [-0.15, -0.1) is 0 Å². The Morgan fingerprint density at radius 1 is 0.929 bits per heavy atom. The Kier molecular flexibility index (Phi) is 6.70. The minimum atomic E-state index is -1.45. The number of anilines is 1. The van der Waals surface area contributed by atoms with Gasteiger partial charge in [0.2, 0.25) is 0 Å². The molecule has 0 unspecified atom stereocenters. The van der Waals surface area contributed by atoms with Crippen molar-refractivity contribution in [2.24, 2.45) is 0 Å². The number of rotatable bonds is 4. The molecule has 7 nitrogen and oxygen atoms in total. The maximum Gasteiger partial charge on any atom is 0.255 e. The quantitative estimate of drug-likeness (QED) is 0.261. The molecule has 1 N–H and O–H groups in total. The first-order valence-corrected chi connectivity index (χ1v) is 13.6. The van der Waals surface area contributed by atoms with Crippen molar-refractivity contribution >= 4 is 22.5 Å². The Bertz CT molecular complexity index is 1700. The summed E-state index contributed by atoms with van der Waals surface area (Å²) in [5.41, 5.74) is 0.469. The van der Waals surface area contributed by atoms with Crippen molar-refractivity contribution in [1.29, 1.82) is 0 Å². The predicted molar refractivity (Wildman–Crippen MR) is 145 cm³/mol. The molecule has 1 aromatic heterocycles. The molecule has 2 bridgehead atoms. The zero-order chi connectivity index (χ0) is 29.0. The minimum absolute atomic E-state index is 0.0349. The van der Waals surface area contributed by atoms with Gasteiger partial charge in [0.05, 0.1) is 67.9 Å². The van der Waals surface area contributed by atoms with Crippen LogP contribution in [-0.2, 0) is 9.47 Å². The van der Waals surface area contributed by atoms with Gasteiger partial charge in [0, 0.05) is 40.8 Å². The van der Waals surface area contributed by atoms with Crippen LogP contribution >= 0.6 is 0 Å². The van der Waals surface area contributed by atoms with Crippen LogP contribution in [0.15, 0.2) is 54.7 Å². The van der Waals surface area contributed by atoms with Crippen molar-refractivity contribution < 1.29 is 36.6 Å². The number of halogens is 4. The number of aromatic nitrogens is 1. The van der Waals surface area contributed by atoms with Crippen LogP contribution in [0.3, 0.4) is 0 Å². The van der Waals surface area contributed by atoms with E-state index in [2.05, 4.69) is 10.3 Å². The Morgan fingerprint density at radius 2 is 1.67 bits per heavy atom.